The molecular formula is C12H26O4SSi. The van der Waals surface area contributed by atoms with Crippen LogP contribution in [0.15, 0.2) is 0 Å². The zero-order chi connectivity index (χ0) is 14.2. The van der Waals surface area contributed by atoms with Gasteiger partial charge in [-0.2, -0.15) is 8.42 Å². The standard InChI is InChI=1S/C12H26O4SSi/c1-7-17(13,14)16-11-8-10(11)9-15-18(5,6)12(2,3)4/h10-11H,7-9H2,1-6H3. The highest BCUT2D eigenvalue weighted by Crippen LogP contribution is 2.40. The smallest absolute Gasteiger partial charge is 0.267 e. The van der Waals surface area contributed by atoms with Crippen LogP contribution in [0.4, 0.5) is 0 Å². The third-order valence-corrected chi connectivity index (χ3v) is 9.69. The zero-order valence-electron chi connectivity index (χ0n) is 12.3. The van der Waals surface area contributed by atoms with Crippen LogP contribution in [0, 0.1) is 5.92 Å². The third kappa shape index (κ3) is 4.33. The fraction of sp³-hybridized carbons (Fsp3) is 1.00. The Kier molecular flexibility index (Phi) is 4.69. The van der Waals surface area contributed by atoms with Gasteiger partial charge >= 0.3 is 0 Å². The van der Waals surface area contributed by atoms with Crippen molar-refractivity contribution >= 4 is 18.4 Å². The van der Waals surface area contributed by atoms with Crippen molar-refractivity contribution in [3.8, 4) is 0 Å². The normalized spacial score (nSPS) is 25.2. The van der Waals surface area contributed by atoms with Crippen LogP contribution in [-0.4, -0.2) is 35.2 Å². The molecule has 18 heavy (non-hydrogen) atoms. The Labute approximate surface area is 112 Å². The van der Waals surface area contributed by atoms with Crippen molar-refractivity contribution < 1.29 is 17.0 Å². The van der Waals surface area contributed by atoms with Gasteiger partial charge < -0.3 is 4.43 Å². The van der Waals surface area contributed by atoms with E-state index in [1.807, 2.05) is 0 Å². The molecule has 0 aromatic carbocycles. The van der Waals surface area contributed by atoms with E-state index in [1.165, 1.54) is 0 Å². The van der Waals surface area contributed by atoms with Crippen LogP contribution in [0.25, 0.3) is 0 Å². The van der Waals surface area contributed by atoms with E-state index in [9.17, 15) is 8.42 Å². The van der Waals surface area contributed by atoms with Crippen molar-refractivity contribution in [1.29, 1.82) is 0 Å². The molecule has 4 nitrogen and oxygen atoms in total. The summed E-state index contributed by atoms with van der Waals surface area (Å²) in [5.74, 6) is 0.291. The molecule has 1 saturated carbocycles. The summed E-state index contributed by atoms with van der Waals surface area (Å²) >= 11 is 0. The van der Waals surface area contributed by atoms with E-state index in [1.54, 1.807) is 6.92 Å². The largest absolute Gasteiger partial charge is 0.416 e. The van der Waals surface area contributed by atoms with E-state index in [0.29, 0.717) is 6.61 Å². The lowest BCUT2D eigenvalue weighted by Crippen LogP contribution is -2.41. The molecule has 108 valence electrons. The van der Waals surface area contributed by atoms with Gasteiger partial charge in [0.15, 0.2) is 8.32 Å². The predicted octanol–water partition coefficient (Wildman–Crippen LogP) is 2.76. The fourth-order valence-corrected chi connectivity index (χ4v) is 3.11. The summed E-state index contributed by atoms with van der Waals surface area (Å²) in [4.78, 5) is 0. The predicted molar refractivity (Wildman–Crippen MR) is 75.6 cm³/mol. The summed E-state index contributed by atoms with van der Waals surface area (Å²) in [7, 11) is -5.04. The van der Waals surface area contributed by atoms with Gasteiger partial charge in [-0.15, -0.1) is 0 Å². The Morgan fingerprint density at radius 1 is 1.28 bits per heavy atom. The molecule has 0 amide bonds. The van der Waals surface area contributed by atoms with Crippen molar-refractivity contribution in [2.24, 2.45) is 5.92 Å². The lowest BCUT2D eigenvalue weighted by molar-refractivity contribution is 0.228. The molecule has 0 aliphatic heterocycles. The highest BCUT2D eigenvalue weighted by molar-refractivity contribution is 7.86. The van der Waals surface area contributed by atoms with Gasteiger partial charge in [-0.25, -0.2) is 0 Å². The molecular weight excluding hydrogens is 268 g/mol. The van der Waals surface area contributed by atoms with E-state index in [-0.39, 0.29) is 22.8 Å². The van der Waals surface area contributed by atoms with Gasteiger partial charge in [-0.1, -0.05) is 20.8 Å². The third-order valence-electron chi connectivity index (χ3n) is 3.95. The van der Waals surface area contributed by atoms with Crippen molar-refractivity contribution in [3.63, 3.8) is 0 Å². The molecule has 1 fully saturated rings. The van der Waals surface area contributed by atoms with Gasteiger partial charge in [0.25, 0.3) is 10.1 Å². The van der Waals surface area contributed by atoms with Crippen molar-refractivity contribution in [2.75, 3.05) is 12.4 Å². The van der Waals surface area contributed by atoms with Gasteiger partial charge in [0.1, 0.15) is 0 Å². The number of hydrogen-bond acceptors (Lipinski definition) is 4. The molecule has 2 atom stereocenters. The van der Waals surface area contributed by atoms with Crippen molar-refractivity contribution in [1.82, 2.24) is 0 Å². The van der Waals surface area contributed by atoms with E-state index in [4.69, 9.17) is 8.61 Å². The van der Waals surface area contributed by atoms with Gasteiger partial charge in [0, 0.05) is 12.5 Å². The topological polar surface area (TPSA) is 52.6 Å². The Balaban J connectivity index is 2.37. The van der Waals surface area contributed by atoms with Crippen molar-refractivity contribution in [3.05, 3.63) is 0 Å². The summed E-state index contributed by atoms with van der Waals surface area (Å²) in [6.45, 7) is 13.2. The highest BCUT2D eigenvalue weighted by atomic mass is 32.2. The second-order valence-electron chi connectivity index (χ2n) is 6.55. The summed E-state index contributed by atoms with van der Waals surface area (Å²) < 4.78 is 33.7. The Morgan fingerprint density at radius 3 is 2.28 bits per heavy atom. The minimum Gasteiger partial charge on any atom is -0.416 e. The average molecular weight is 294 g/mol. The van der Waals surface area contributed by atoms with Crippen LogP contribution in [0.1, 0.15) is 34.1 Å². The molecule has 0 bridgehead atoms. The first kappa shape index (κ1) is 16.1. The Morgan fingerprint density at radius 2 is 1.83 bits per heavy atom. The maximum absolute atomic E-state index is 11.3. The summed E-state index contributed by atoms with van der Waals surface area (Å²) in [6, 6.07) is 0. The molecule has 6 heteroatoms. The van der Waals surface area contributed by atoms with E-state index in [2.05, 4.69) is 33.9 Å². The van der Waals surface area contributed by atoms with Gasteiger partial charge in [-0.05, 0) is 31.5 Å². The van der Waals surface area contributed by atoms with Crippen LogP contribution >= 0.6 is 0 Å². The first-order valence-corrected chi connectivity index (χ1v) is 11.0. The molecule has 0 N–H and O–H groups in total. The maximum Gasteiger partial charge on any atom is 0.267 e. The Hall–Kier alpha value is 0.0869. The molecule has 0 heterocycles. The highest BCUT2D eigenvalue weighted by Gasteiger charge is 2.44. The van der Waals surface area contributed by atoms with Crippen LogP contribution < -0.4 is 0 Å². The molecule has 0 spiro atoms. The van der Waals surface area contributed by atoms with Crippen LogP contribution in [0.2, 0.25) is 18.1 Å². The molecule has 1 rings (SSSR count). The number of hydrogen-bond donors (Lipinski definition) is 0. The maximum atomic E-state index is 11.3. The second kappa shape index (κ2) is 5.23. The first-order chi connectivity index (χ1) is 7.98. The lowest BCUT2D eigenvalue weighted by atomic mass is 10.2. The summed E-state index contributed by atoms with van der Waals surface area (Å²) in [6.07, 6.45) is 0.646. The first-order valence-electron chi connectivity index (χ1n) is 6.53. The van der Waals surface area contributed by atoms with Crippen LogP contribution in [-0.2, 0) is 18.7 Å². The average Bonchev–Trinajstić information content (AvgIpc) is 2.91. The molecule has 0 saturated heterocycles. The SMILES string of the molecule is CCS(=O)(=O)OC1CC1CO[Si](C)(C)C(C)(C)C. The second-order valence-corrected chi connectivity index (χ2v) is 13.2. The minimum atomic E-state index is -3.32. The molecule has 1 aliphatic carbocycles. The van der Waals surface area contributed by atoms with Crippen molar-refractivity contribution in [2.45, 2.75) is 58.4 Å². The monoisotopic (exact) mass is 294 g/mol. The molecule has 0 aromatic rings. The van der Waals surface area contributed by atoms with E-state index in [0.717, 1.165) is 6.42 Å². The Bertz CT molecular complexity index is 383. The lowest BCUT2D eigenvalue weighted by Gasteiger charge is -2.36. The molecule has 2 unspecified atom stereocenters. The van der Waals surface area contributed by atoms with E-state index < -0.39 is 18.4 Å². The minimum absolute atomic E-state index is 0.0410. The zero-order valence-corrected chi connectivity index (χ0v) is 14.1. The van der Waals surface area contributed by atoms with E-state index >= 15 is 0 Å². The number of rotatable bonds is 6. The van der Waals surface area contributed by atoms with Gasteiger partial charge in [0.05, 0.1) is 11.9 Å². The summed E-state index contributed by atoms with van der Waals surface area (Å²) in [5, 5.41) is 0.188. The van der Waals surface area contributed by atoms with Gasteiger partial charge in [-0.3, -0.25) is 4.18 Å². The summed E-state index contributed by atoms with van der Waals surface area (Å²) in [5.41, 5.74) is 0. The van der Waals surface area contributed by atoms with Crippen LogP contribution in [0.3, 0.4) is 0 Å². The molecule has 0 aromatic heterocycles. The van der Waals surface area contributed by atoms with Crippen LogP contribution in [0.5, 0.6) is 0 Å². The molecule has 1 aliphatic rings. The molecule has 0 radical (unpaired) electrons. The fourth-order valence-electron chi connectivity index (χ4n) is 1.30. The van der Waals surface area contributed by atoms with Gasteiger partial charge in [0.2, 0.25) is 0 Å². The quantitative estimate of drug-likeness (QED) is 0.558.